The number of carbonyl (C=O) groups is 1. The lowest BCUT2D eigenvalue weighted by Gasteiger charge is -2.25. The van der Waals surface area contributed by atoms with Gasteiger partial charge in [-0.1, -0.05) is 18.6 Å². The lowest BCUT2D eigenvalue weighted by atomic mass is 10.0. The number of piperidine rings is 1. The summed E-state index contributed by atoms with van der Waals surface area (Å²) >= 11 is 0. The van der Waals surface area contributed by atoms with Crippen molar-refractivity contribution in [3.05, 3.63) is 35.6 Å². The van der Waals surface area contributed by atoms with E-state index in [0.717, 1.165) is 18.5 Å². The van der Waals surface area contributed by atoms with Crippen LogP contribution in [-0.4, -0.2) is 29.9 Å². The fourth-order valence-corrected chi connectivity index (χ4v) is 2.86. The Kier molecular flexibility index (Phi) is 6.18. The summed E-state index contributed by atoms with van der Waals surface area (Å²) in [5.74, 6) is -0.0865. The quantitative estimate of drug-likeness (QED) is 0.874. The molecule has 1 unspecified atom stereocenters. The molecule has 1 atom stereocenters. The summed E-state index contributed by atoms with van der Waals surface area (Å²) in [4.78, 5) is 14.1. The van der Waals surface area contributed by atoms with Gasteiger partial charge in [0.15, 0.2) is 0 Å². The lowest BCUT2D eigenvalue weighted by molar-refractivity contribution is -0.131. The van der Waals surface area contributed by atoms with Crippen LogP contribution in [0.3, 0.4) is 0 Å². The van der Waals surface area contributed by atoms with Crippen LogP contribution < -0.4 is 5.32 Å². The molecule has 0 bridgehead atoms. The smallest absolute Gasteiger partial charge is 0.222 e. The normalized spacial score (nSPS) is 18.5. The molecule has 4 heteroatoms. The maximum absolute atomic E-state index is 13.2. The van der Waals surface area contributed by atoms with Crippen molar-refractivity contribution in [2.75, 3.05) is 13.1 Å². The monoisotopic (exact) mass is 292 g/mol. The van der Waals surface area contributed by atoms with Gasteiger partial charge in [-0.25, -0.2) is 4.39 Å². The van der Waals surface area contributed by atoms with Crippen LogP contribution in [0.1, 0.15) is 44.6 Å². The minimum atomic E-state index is -0.248. The summed E-state index contributed by atoms with van der Waals surface area (Å²) in [7, 11) is 0. The van der Waals surface area contributed by atoms with Crippen LogP contribution in [0.2, 0.25) is 0 Å². The van der Waals surface area contributed by atoms with Crippen molar-refractivity contribution >= 4 is 5.91 Å². The molecule has 0 radical (unpaired) electrons. The Bertz CT molecular complexity index is 458. The number of halogens is 1. The Morgan fingerprint density at radius 3 is 2.95 bits per heavy atom. The Hall–Kier alpha value is -1.42. The first kappa shape index (κ1) is 16.0. The first-order valence-corrected chi connectivity index (χ1v) is 7.94. The molecule has 0 aromatic heterocycles. The molecule has 1 aliphatic rings. The summed E-state index contributed by atoms with van der Waals surface area (Å²) in [5, 5.41) is 3.47. The van der Waals surface area contributed by atoms with Crippen LogP contribution >= 0.6 is 0 Å². The highest BCUT2D eigenvalue weighted by Gasteiger charge is 2.17. The van der Waals surface area contributed by atoms with Crippen LogP contribution in [0, 0.1) is 5.82 Å². The topological polar surface area (TPSA) is 32.3 Å². The average molecular weight is 292 g/mol. The Balaban J connectivity index is 1.83. The third-order valence-electron chi connectivity index (χ3n) is 4.12. The number of benzene rings is 1. The van der Waals surface area contributed by atoms with Gasteiger partial charge in [-0.05, 0) is 50.4 Å². The molecular weight excluding hydrogens is 267 g/mol. The van der Waals surface area contributed by atoms with Crippen LogP contribution in [0.15, 0.2) is 24.3 Å². The molecule has 1 aliphatic heterocycles. The first-order valence-electron chi connectivity index (χ1n) is 7.94. The van der Waals surface area contributed by atoms with Crippen molar-refractivity contribution in [2.24, 2.45) is 0 Å². The van der Waals surface area contributed by atoms with E-state index in [1.165, 1.54) is 31.4 Å². The van der Waals surface area contributed by atoms with Gasteiger partial charge in [-0.2, -0.15) is 0 Å². The van der Waals surface area contributed by atoms with E-state index >= 15 is 0 Å². The Morgan fingerprint density at radius 1 is 1.43 bits per heavy atom. The highest BCUT2D eigenvalue weighted by molar-refractivity contribution is 5.76. The third-order valence-corrected chi connectivity index (χ3v) is 4.12. The molecule has 1 fully saturated rings. The van der Waals surface area contributed by atoms with Gasteiger partial charge in [0.2, 0.25) is 5.91 Å². The molecule has 1 saturated heterocycles. The minimum Gasteiger partial charge on any atom is -0.339 e. The number of rotatable bonds is 6. The molecule has 1 N–H and O–H groups in total. The molecule has 0 saturated carbocycles. The predicted octanol–water partition coefficient (Wildman–Crippen LogP) is 3.10. The molecule has 0 spiro atoms. The molecule has 21 heavy (non-hydrogen) atoms. The number of carbonyl (C=O) groups excluding carboxylic acids is 1. The molecule has 1 heterocycles. The van der Waals surface area contributed by atoms with E-state index in [0.29, 0.717) is 25.6 Å². The summed E-state index contributed by atoms with van der Waals surface area (Å²) in [6.07, 6.45) is 5.14. The second-order valence-corrected chi connectivity index (χ2v) is 5.72. The van der Waals surface area contributed by atoms with Gasteiger partial charge in [0.05, 0.1) is 0 Å². The lowest BCUT2D eigenvalue weighted by Crippen LogP contribution is -2.36. The molecule has 1 aromatic rings. The number of amides is 1. The van der Waals surface area contributed by atoms with E-state index < -0.39 is 0 Å². The number of hydrogen-bond acceptors (Lipinski definition) is 2. The molecule has 2 rings (SSSR count). The van der Waals surface area contributed by atoms with E-state index in [9.17, 15) is 9.18 Å². The summed E-state index contributed by atoms with van der Waals surface area (Å²) < 4.78 is 13.2. The van der Waals surface area contributed by atoms with Crippen molar-refractivity contribution in [1.29, 1.82) is 0 Å². The van der Waals surface area contributed by atoms with Gasteiger partial charge < -0.3 is 10.2 Å². The van der Waals surface area contributed by atoms with E-state index in [1.807, 2.05) is 13.0 Å². The maximum Gasteiger partial charge on any atom is 0.222 e. The first-order chi connectivity index (χ1) is 10.2. The van der Waals surface area contributed by atoms with E-state index in [1.54, 1.807) is 11.0 Å². The van der Waals surface area contributed by atoms with Gasteiger partial charge in [-0.3, -0.25) is 4.79 Å². The van der Waals surface area contributed by atoms with Crippen molar-refractivity contribution in [3.63, 3.8) is 0 Å². The van der Waals surface area contributed by atoms with E-state index in [-0.39, 0.29) is 11.7 Å². The van der Waals surface area contributed by atoms with Crippen molar-refractivity contribution in [3.8, 4) is 0 Å². The van der Waals surface area contributed by atoms with Gasteiger partial charge in [0, 0.05) is 25.6 Å². The van der Waals surface area contributed by atoms with Crippen LogP contribution in [-0.2, 0) is 11.3 Å². The molecule has 1 aromatic carbocycles. The molecule has 3 nitrogen and oxygen atoms in total. The van der Waals surface area contributed by atoms with Gasteiger partial charge in [0.25, 0.3) is 0 Å². The maximum atomic E-state index is 13.2. The SMILES string of the molecule is CCN(Cc1cccc(F)c1)C(=O)CCC1CCCCN1. The molecule has 116 valence electrons. The zero-order chi connectivity index (χ0) is 15.1. The second kappa shape index (κ2) is 8.13. The van der Waals surface area contributed by atoms with Crippen molar-refractivity contribution in [1.82, 2.24) is 10.2 Å². The standard InChI is InChI=1S/C17H25FN2O/c1-2-20(13-14-6-5-7-15(18)12-14)17(21)10-9-16-8-3-4-11-19-16/h5-7,12,16,19H,2-4,8-11,13H2,1H3. The number of nitrogens with one attached hydrogen (secondary N) is 1. The second-order valence-electron chi connectivity index (χ2n) is 5.72. The zero-order valence-electron chi connectivity index (χ0n) is 12.8. The summed E-state index contributed by atoms with van der Waals surface area (Å²) in [6.45, 7) is 4.19. The number of nitrogens with zero attached hydrogens (tertiary/aromatic N) is 1. The summed E-state index contributed by atoms with van der Waals surface area (Å²) in [6, 6.07) is 6.96. The fraction of sp³-hybridized carbons (Fsp3) is 0.588. The molecule has 0 aliphatic carbocycles. The van der Waals surface area contributed by atoms with E-state index in [2.05, 4.69) is 5.32 Å². The van der Waals surface area contributed by atoms with Crippen LogP contribution in [0.25, 0.3) is 0 Å². The molecule has 1 amide bonds. The predicted molar refractivity (Wildman–Crippen MR) is 82.4 cm³/mol. The van der Waals surface area contributed by atoms with Gasteiger partial charge >= 0.3 is 0 Å². The minimum absolute atomic E-state index is 0.161. The largest absolute Gasteiger partial charge is 0.339 e. The average Bonchev–Trinajstić information content (AvgIpc) is 2.51. The van der Waals surface area contributed by atoms with Gasteiger partial charge in [-0.15, -0.1) is 0 Å². The number of hydrogen-bond donors (Lipinski definition) is 1. The highest BCUT2D eigenvalue weighted by Crippen LogP contribution is 2.14. The van der Waals surface area contributed by atoms with Crippen molar-refractivity contribution in [2.45, 2.75) is 51.6 Å². The fourth-order valence-electron chi connectivity index (χ4n) is 2.86. The highest BCUT2D eigenvalue weighted by atomic mass is 19.1. The van der Waals surface area contributed by atoms with Crippen molar-refractivity contribution < 1.29 is 9.18 Å². The van der Waals surface area contributed by atoms with Gasteiger partial charge in [0.1, 0.15) is 5.82 Å². The Labute approximate surface area is 126 Å². The zero-order valence-corrected chi connectivity index (χ0v) is 12.8. The Morgan fingerprint density at radius 2 is 2.29 bits per heavy atom. The summed E-state index contributed by atoms with van der Waals surface area (Å²) in [5.41, 5.74) is 0.848. The van der Waals surface area contributed by atoms with Crippen LogP contribution in [0.5, 0.6) is 0 Å². The third kappa shape index (κ3) is 5.12. The van der Waals surface area contributed by atoms with Crippen LogP contribution in [0.4, 0.5) is 4.39 Å². The van der Waals surface area contributed by atoms with E-state index in [4.69, 9.17) is 0 Å². The molecular formula is C17H25FN2O.